The molecule has 4 heterocycles. The first-order valence-electron chi connectivity index (χ1n) is 19.1. The van der Waals surface area contributed by atoms with E-state index in [4.69, 9.17) is 0 Å². The van der Waals surface area contributed by atoms with Gasteiger partial charge in [0.15, 0.2) is 0 Å². The number of carbonyl (C=O) groups is 1. The molecule has 2 aliphatic carbocycles. The smallest absolute Gasteiger partial charge is 0.229 e. The Kier molecular flexibility index (Phi) is 10.8. The predicted molar refractivity (Wildman–Crippen MR) is 217 cm³/mol. The summed E-state index contributed by atoms with van der Waals surface area (Å²) >= 11 is 0. The molecule has 2 saturated carbocycles. The number of pyridine rings is 2. The summed E-state index contributed by atoms with van der Waals surface area (Å²) in [6.07, 6.45) is 13.1. The lowest BCUT2D eigenvalue weighted by Crippen LogP contribution is -2.34. The maximum Gasteiger partial charge on any atom is 0.229 e. The molecule has 13 heteroatoms. The molecule has 4 aliphatic rings. The van der Waals surface area contributed by atoms with Gasteiger partial charge < -0.3 is 9.80 Å². The molecule has 4 aromatic rings. The summed E-state index contributed by atoms with van der Waals surface area (Å²) in [5.74, 6) is 2.43. The minimum Gasteiger partial charge on any atom is -0.342 e. The van der Waals surface area contributed by atoms with Crippen molar-refractivity contribution in [1.82, 2.24) is 19.8 Å². The first-order valence-corrected chi connectivity index (χ1v) is 22.9. The Labute approximate surface area is 326 Å². The van der Waals surface area contributed by atoms with E-state index in [1.54, 1.807) is 18.5 Å². The number of nitrogens with one attached hydrogen (secondary N) is 2. The zero-order chi connectivity index (χ0) is 39.0. The fourth-order valence-corrected chi connectivity index (χ4v) is 10.5. The van der Waals surface area contributed by atoms with Gasteiger partial charge in [-0.1, -0.05) is 38.1 Å². The van der Waals surface area contributed by atoms with Gasteiger partial charge in [0.25, 0.3) is 0 Å². The molecule has 2 N–H and O–H groups in total. The van der Waals surface area contributed by atoms with Crippen molar-refractivity contribution in [3.63, 3.8) is 0 Å². The van der Waals surface area contributed by atoms with Crippen LogP contribution in [0.4, 0.5) is 11.4 Å². The predicted octanol–water partition coefficient (Wildman–Crippen LogP) is 5.34. The van der Waals surface area contributed by atoms with Crippen molar-refractivity contribution in [3.05, 3.63) is 120 Å². The molecule has 8 rings (SSSR count). The summed E-state index contributed by atoms with van der Waals surface area (Å²) in [7, 11) is -6.54. The van der Waals surface area contributed by atoms with Gasteiger partial charge in [0.2, 0.25) is 26.0 Å². The molecule has 2 aromatic heterocycles. The van der Waals surface area contributed by atoms with E-state index in [2.05, 4.69) is 62.4 Å². The lowest BCUT2D eigenvalue weighted by atomic mass is 9.92. The van der Waals surface area contributed by atoms with Crippen molar-refractivity contribution in [2.75, 3.05) is 54.7 Å². The largest absolute Gasteiger partial charge is 0.342 e. The summed E-state index contributed by atoms with van der Waals surface area (Å²) in [6.45, 7) is 9.53. The number of fused-ring (bicyclic) bond motifs is 2. The first-order chi connectivity index (χ1) is 26.1. The van der Waals surface area contributed by atoms with Crippen molar-refractivity contribution >= 4 is 37.3 Å². The highest BCUT2D eigenvalue weighted by atomic mass is 32.2. The highest BCUT2D eigenvalue weighted by molar-refractivity contribution is 7.92. The molecule has 4 unspecified atom stereocenters. The Morgan fingerprint density at radius 1 is 0.673 bits per heavy atom. The lowest BCUT2D eigenvalue weighted by molar-refractivity contribution is -0.130. The zero-order valence-corrected chi connectivity index (χ0v) is 33.7. The SMILES string of the molecule is CC1(c2cccc(NS(C)(=O)=O)c2)C2CN(C(=O)CCc3ccncc3)CC21.CC1(c2cccc(NS(C)(=O)=O)c2)C2CN(CCCc3ccncc3)CC21. The van der Waals surface area contributed by atoms with E-state index in [-0.39, 0.29) is 16.7 Å². The number of carbonyl (C=O) groups excluding carboxylic acids is 1. The standard InChI is InChI=1S/C21H25N3O3S.C21H27N3O2S/c1-21(16-4-3-5-17(12-16)23-28(2,26)27)18-13-24(14-19(18)21)20(25)7-6-15-8-10-22-11-9-15;1-21(17-6-3-7-18(13-17)23-27(2,25)26)19-14-24(15-20(19)21)12-4-5-16-8-10-22-11-9-16/h3-5,8-12,18-19,23H,6-7,13-14H2,1-2H3;3,6-11,13,19-20,23H,4-5,12,14-15H2,1-2H3. The van der Waals surface area contributed by atoms with E-state index in [9.17, 15) is 21.6 Å². The molecule has 0 radical (unpaired) electrons. The van der Waals surface area contributed by atoms with Crippen LogP contribution in [-0.2, 0) is 48.5 Å². The third-order valence-electron chi connectivity index (χ3n) is 12.6. The Balaban J connectivity index is 0.000000169. The molecule has 292 valence electrons. The van der Waals surface area contributed by atoms with Crippen LogP contribution < -0.4 is 9.44 Å². The fourth-order valence-electron chi connectivity index (χ4n) is 9.36. The van der Waals surface area contributed by atoms with Crippen molar-refractivity contribution in [2.45, 2.75) is 50.4 Å². The summed E-state index contributed by atoms with van der Waals surface area (Å²) in [6, 6.07) is 23.6. The normalized spacial score (nSPS) is 26.7. The molecule has 4 fully saturated rings. The number of benzene rings is 2. The van der Waals surface area contributed by atoms with Gasteiger partial charge in [0, 0.05) is 79.6 Å². The molecular formula is C42H52N6O5S2. The Bertz CT molecular complexity index is 2200. The number of aryl methyl sites for hydroxylation is 2. The molecular weight excluding hydrogens is 733 g/mol. The van der Waals surface area contributed by atoms with Gasteiger partial charge in [0.05, 0.1) is 12.5 Å². The maximum atomic E-state index is 12.6. The van der Waals surface area contributed by atoms with E-state index in [0.717, 1.165) is 62.9 Å². The van der Waals surface area contributed by atoms with Gasteiger partial charge in [-0.25, -0.2) is 16.8 Å². The fraction of sp³-hybridized carbons (Fsp3) is 0.452. The van der Waals surface area contributed by atoms with E-state index >= 15 is 0 Å². The van der Waals surface area contributed by atoms with E-state index in [1.165, 1.54) is 23.8 Å². The van der Waals surface area contributed by atoms with Crippen molar-refractivity contribution in [3.8, 4) is 0 Å². The molecule has 0 bridgehead atoms. The van der Waals surface area contributed by atoms with Crippen LogP contribution in [0.5, 0.6) is 0 Å². The van der Waals surface area contributed by atoms with E-state index in [1.807, 2.05) is 59.8 Å². The van der Waals surface area contributed by atoms with Crippen molar-refractivity contribution < 1.29 is 21.6 Å². The number of likely N-dealkylation sites (tertiary alicyclic amines) is 2. The van der Waals surface area contributed by atoms with Gasteiger partial charge in [0.1, 0.15) is 0 Å². The Morgan fingerprint density at radius 2 is 1.11 bits per heavy atom. The van der Waals surface area contributed by atoms with Crippen LogP contribution in [0.1, 0.15) is 48.9 Å². The van der Waals surface area contributed by atoms with Crippen LogP contribution in [0.3, 0.4) is 0 Å². The lowest BCUT2D eigenvalue weighted by Gasteiger charge is -2.25. The van der Waals surface area contributed by atoms with Crippen LogP contribution in [0.15, 0.2) is 97.6 Å². The average Bonchev–Trinajstić information content (AvgIpc) is 3.62. The Hall–Kier alpha value is -4.33. The van der Waals surface area contributed by atoms with Gasteiger partial charge >= 0.3 is 0 Å². The van der Waals surface area contributed by atoms with Crippen LogP contribution >= 0.6 is 0 Å². The topological polar surface area (TPSA) is 142 Å². The molecule has 1 amide bonds. The maximum absolute atomic E-state index is 12.6. The summed E-state index contributed by atoms with van der Waals surface area (Å²) in [5, 5.41) is 0. The minimum absolute atomic E-state index is 0.0110. The molecule has 2 saturated heterocycles. The number of aromatic nitrogens is 2. The molecule has 0 spiro atoms. The van der Waals surface area contributed by atoms with Crippen LogP contribution in [0, 0.1) is 23.7 Å². The van der Waals surface area contributed by atoms with E-state index in [0.29, 0.717) is 41.5 Å². The molecule has 2 aliphatic heterocycles. The zero-order valence-electron chi connectivity index (χ0n) is 32.1. The first kappa shape index (κ1) is 38.9. The third kappa shape index (κ3) is 8.89. The number of piperidine rings is 2. The second-order valence-corrected chi connectivity index (χ2v) is 19.8. The quantitative estimate of drug-likeness (QED) is 0.185. The van der Waals surface area contributed by atoms with Crippen LogP contribution in [0.2, 0.25) is 0 Å². The second kappa shape index (κ2) is 15.3. The third-order valence-corrected chi connectivity index (χ3v) is 13.8. The van der Waals surface area contributed by atoms with Crippen molar-refractivity contribution in [2.24, 2.45) is 23.7 Å². The summed E-state index contributed by atoms with van der Waals surface area (Å²) in [4.78, 5) is 25.2. The summed E-state index contributed by atoms with van der Waals surface area (Å²) < 4.78 is 51.1. The van der Waals surface area contributed by atoms with Crippen LogP contribution in [0.25, 0.3) is 0 Å². The monoisotopic (exact) mass is 784 g/mol. The molecule has 55 heavy (non-hydrogen) atoms. The second-order valence-electron chi connectivity index (χ2n) is 16.3. The van der Waals surface area contributed by atoms with Gasteiger partial charge in [-0.3, -0.25) is 24.2 Å². The Morgan fingerprint density at radius 3 is 1.56 bits per heavy atom. The average molecular weight is 785 g/mol. The number of nitrogens with zero attached hydrogens (tertiary/aromatic N) is 4. The highest BCUT2D eigenvalue weighted by Crippen LogP contribution is 2.64. The molecule has 4 atom stereocenters. The highest BCUT2D eigenvalue weighted by Gasteiger charge is 2.66. The number of hydrogen-bond donors (Lipinski definition) is 2. The number of hydrogen-bond acceptors (Lipinski definition) is 8. The number of amides is 1. The summed E-state index contributed by atoms with van der Waals surface area (Å²) in [5.41, 5.74) is 6.32. The van der Waals surface area contributed by atoms with Crippen molar-refractivity contribution in [1.29, 1.82) is 0 Å². The van der Waals surface area contributed by atoms with Gasteiger partial charge in [-0.2, -0.15) is 0 Å². The molecule has 2 aromatic carbocycles. The van der Waals surface area contributed by atoms with E-state index < -0.39 is 20.0 Å². The number of rotatable bonds is 13. The minimum atomic E-state index is -3.29. The molecule has 11 nitrogen and oxygen atoms in total. The van der Waals surface area contributed by atoms with Gasteiger partial charge in [-0.15, -0.1) is 0 Å². The van der Waals surface area contributed by atoms with Gasteiger partial charge in [-0.05, 0) is 120 Å². The number of sulfonamides is 2. The number of anilines is 2. The van der Waals surface area contributed by atoms with Crippen LogP contribution in [-0.4, -0.2) is 87.7 Å².